The first-order chi connectivity index (χ1) is 13.1. The second-order valence-electron chi connectivity index (χ2n) is 8.05. The first-order valence-electron chi connectivity index (χ1n) is 10.1. The molecule has 2 saturated heterocycles. The summed E-state index contributed by atoms with van der Waals surface area (Å²) >= 11 is 1.44. The molecule has 3 aliphatic rings. The smallest absolute Gasteiger partial charge is 0.320 e. The Morgan fingerprint density at radius 3 is 2.78 bits per heavy atom. The minimum Gasteiger partial charge on any atom is -0.480 e. The van der Waals surface area contributed by atoms with Gasteiger partial charge in [0.1, 0.15) is 6.04 Å². The molecule has 1 aromatic heterocycles. The summed E-state index contributed by atoms with van der Waals surface area (Å²) in [4.78, 5) is 33.1. The highest BCUT2D eigenvalue weighted by atomic mass is 32.1. The summed E-state index contributed by atoms with van der Waals surface area (Å²) in [6.07, 6.45) is 7.54. The van der Waals surface area contributed by atoms with Crippen LogP contribution in [0, 0.1) is 5.92 Å². The molecule has 3 atom stereocenters. The monoisotopic (exact) mass is 392 g/mol. The number of aromatic nitrogens is 1. The topological polar surface area (TPSA) is 85.8 Å². The Balaban J connectivity index is 1.35. The lowest BCUT2D eigenvalue weighted by molar-refractivity contribution is -0.143. The first-order valence-corrected chi connectivity index (χ1v) is 10.9. The Morgan fingerprint density at radius 1 is 1.22 bits per heavy atom. The molecule has 3 fully saturated rings. The van der Waals surface area contributed by atoms with E-state index in [9.17, 15) is 14.7 Å². The maximum Gasteiger partial charge on any atom is 0.320 e. The lowest BCUT2D eigenvalue weighted by atomic mass is 9.85. The molecule has 0 spiro atoms. The zero-order chi connectivity index (χ0) is 18.8. The van der Waals surface area contributed by atoms with Crippen LogP contribution in [0.1, 0.15) is 50.6 Å². The van der Waals surface area contributed by atoms with E-state index in [1.54, 1.807) is 0 Å². The number of amides is 1. The van der Waals surface area contributed by atoms with Gasteiger partial charge in [0.15, 0.2) is 5.13 Å². The van der Waals surface area contributed by atoms with Crippen LogP contribution in [0.3, 0.4) is 0 Å². The number of nitrogens with zero attached hydrogens (tertiary/aromatic N) is 3. The number of likely N-dealkylation sites (tertiary alicyclic amines) is 2. The van der Waals surface area contributed by atoms with Crippen molar-refractivity contribution in [2.45, 2.75) is 63.6 Å². The van der Waals surface area contributed by atoms with E-state index in [2.05, 4.69) is 15.2 Å². The number of anilines is 1. The van der Waals surface area contributed by atoms with Crippen LogP contribution in [0.5, 0.6) is 0 Å². The van der Waals surface area contributed by atoms with Gasteiger partial charge in [-0.15, -0.1) is 11.3 Å². The molecule has 3 heterocycles. The third-order valence-electron chi connectivity index (χ3n) is 6.21. The van der Waals surface area contributed by atoms with E-state index >= 15 is 0 Å². The van der Waals surface area contributed by atoms with Crippen LogP contribution in [-0.2, 0) is 16.1 Å². The molecule has 2 N–H and O–H groups in total. The fraction of sp³-hybridized carbons (Fsp3) is 0.737. The molecule has 1 saturated carbocycles. The van der Waals surface area contributed by atoms with Crippen molar-refractivity contribution >= 4 is 28.3 Å². The first kappa shape index (κ1) is 18.8. The second-order valence-corrected chi connectivity index (χ2v) is 8.91. The molecule has 1 aliphatic carbocycles. The van der Waals surface area contributed by atoms with E-state index in [0.29, 0.717) is 17.5 Å². The molecule has 2 aliphatic heterocycles. The molecule has 1 aromatic rings. The number of hydrogen-bond acceptors (Lipinski definition) is 6. The lowest BCUT2D eigenvalue weighted by Crippen LogP contribution is -2.46. The minimum absolute atomic E-state index is 0.138. The number of fused-ring (bicyclic) bond motifs is 1. The number of carboxylic acid groups (broad SMARTS) is 1. The summed E-state index contributed by atoms with van der Waals surface area (Å²) in [5, 5.41) is 15.1. The summed E-state index contributed by atoms with van der Waals surface area (Å²) in [6, 6.07) is -0.307. The Kier molecular flexibility index (Phi) is 5.75. The summed E-state index contributed by atoms with van der Waals surface area (Å²) in [5.74, 6) is -0.548. The molecule has 3 unspecified atom stereocenters. The predicted molar refractivity (Wildman–Crippen MR) is 104 cm³/mol. The number of rotatable bonds is 6. The molecule has 4 rings (SSSR count). The molecule has 0 radical (unpaired) electrons. The number of aliphatic carboxylic acids is 1. The van der Waals surface area contributed by atoms with Crippen LogP contribution in [0.2, 0.25) is 0 Å². The van der Waals surface area contributed by atoms with Crippen LogP contribution in [0.4, 0.5) is 5.13 Å². The number of thiazole rings is 1. The SMILES string of the molecule is O=C(CN1C(C(=O)O)CC2CCCCC21)Nc1nc(CN2CCCC2)cs1. The lowest BCUT2D eigenvalue weighted by Gasteiger charge is -2.32. The third-order valence-corrected chi connectivity index (χ3v) is 7.02. The van der Waals surface area contributed by atoms with Gasteiger partial charge in [0.05, 0.1) is 12.2 Å². The van der Waals surface area contributed by atoms with Crippen LogP contribution >= 0.6 is 11.3 Å². The van der Waals surface area contributed by atoms with Gasteiger partial charge in [-0.1, -0.05) is 12.8 Å². The highest BCUT2D eigenvalue weighted by Gasteiger charge is 2.45. The van der Waals surface area contributed by atoms with Gasteiger partial charge in [0, 0.05) is 18.0 Å². The molecular weight excluding hydrogens is 364 g/mol. The average molecular weight is 393 g/mol. The third kappa shape index (κ3) is 4.33. The zero-order valence-corrected chi connectivity index (χ0v) is 16.4. The fourth-order valence-electron chi connectivity index (χ4n) is 4.95. The summed E-state index contributed by atoms with van der Waals surface area (Å²) in [5.41, 5.74) is 0.995. The largest absolute Gasteiger partial charge is 0.480 e. The summed E-state index contributed by atoms with van der Waals surface area (Å²) < 4.78 is 0. The average Bonchev–Trinajstić information content (AvgIpc) is 3.37. The molecule has 8 heteroatoms. The van der Waals surface area contributed by atoms with Gasteiger partial charge in [-0.25, -0.2) is 4.98 Å². The molecule has 27 heavy (non-hydrogen) atoms. The van der Waals surface area contributed by atoms with Gasteiger partial charge in [-0.05, 0) is 51.1 Å². The maximum atomic E-state index is 12.6. The van der Waals surface area contributed by atoms with E-state index in [1.807, 2.05) is 10.3 Å². The van der Waals surface area contributed by atoms with Crippen molar-refractivity contribution in [2.75, 3.05) is 25.0 Å². The highest BCUT2D eigenvalue weighted by molar-refractivity contribution is 7.13. The summed E-state index contributed by atoms with van der Waals surface area (Å²) in [6.45, 7) is 3.21. The van der Waals surface area contributed by atoms with Gasteiger partial charge >= 0.3 is 5.97 Å². The predicted octanol–water partition coefficient (Wildman–Crippen LogP) is 2.40. The van der Waals surface area contributed by atoms with Crippen molar-refractivity contribution in [1.82, 2.24) is 14.8 Å². The molecule has 1 amide bonds. The van der Waals surface area contributed by atoms with E-state index in [-0.39, 0.29) is 18.5 Å². The zero-order valence-electron chi connectivity index (χ0n) is 15.6. The molecule has 0 aromatic carbocycles. The molecule has 7 nitrogen and oxygen atoms in total. The van der Waals surface area contributed by atoms with Gasteiger partial charge in [0.2, 0.25) is 5.91 Å². The Hall–Kier alpha value is -1.51. The van der Waals surface area contributed by atoms with Crippen molar-refractivity contribution in [2.24, 2.45) is 5.92 Å². The fourth-order valence-corrected chi connectivity index (χ4v) is 5.67. The number of hydrogen-bond donors (Lipinski definition) is 2. The van der Waals surface area contributed by atoms with E-state index < -0.39 is 12.0 Å². The second kappa shape index (κ2) is 8.24. The number of carbonyl (C=O) groups is 2. The molecule has 0 bridgehead atoms. The van der Waals surface area contributed by atoms with E-state index in [4.69, 9.17) is 0 Å². The Bertz CT molecular complexity index is 688. The van der Waals surface area contributed by atoms with Crippen LogP contribution in [-0.4, -0.2) is 63.5 Å². The van der Waals surface area contributed by atoms with Crippen molar-refractivity contribution in [1.29, 1.82) is 0 Å². The van der Waals surface area contributed by atoms with Crippen molar-refractivity contribution in [3.8, 4) is 0 Å². The molecule has 148 valence electrons. The van der Waals surface area contributed by atoms with Crippen LogP contribution < -0.4 is 5.32 Å². The Labute approximate surface area is 163 Å². The quantitative estimate of drug-likeness (QED) is 0.773. The van der Waals surface area contributed by atoms with E-state index in [1.165, 1.54) is 30.6 Å². The van der Waals surface area contributed by atoms with Crippen molar-refractivity contribution in [3.63, 3.8) is 0 Å². The maximum absolute atomic E-state index is 12.6. The van der Waals surface area contributed by atoms with Crippen LogP contribution in [0.25, 0.3) is 0 Å². The highest BCUT2D eigenvalue weighted by Crippen LogP contribution is 2.39. The van der Waals surface area contributed by atoms with Gasteiger partial charge < -0.3 is 10.4 Å². The summed E-state index contributed by atoms with van der Waals surface area (Å²) in [7, 11) is 0. The number of carboxylic acids is 1. The standard InChI is InChI=1S/C19H28N4O3S/c24-17(21-19-20-14(12-27-19)10-22-7-3-4-8-22)11-23-15-6-2-1-5-13(15)9-16(23)18(25)26/h12-13,15-16H,1-11H2,(H,25,26)(H,20,21,24). The van der Waals surface area contributed by atoms with Crippen molar-refractivity contribution in [3.05, 3.63) is 11.1 Å². The minimum atomic E-state index is -0.806. The van der Waals surface area contributed by atoms with Gasteiger partial charge in [-0.2, -0.15) is 0 Å². The normalized spacial score (nSPS) is 29.0. The number of carbonyl (C=O) groups excluding carboxylic acids is 1. The van der Waals surface area contributed by atoms with Crippen LogP contribution in [0.15, 0.2) is 5.38 Å². The van der Waals surface area contributed by atoms with Gasteiger partial charge in [-0.3, -0.25) is 19.4 Å². The van der Waals surface area contributed by atoms with Gasteiger partial charge in [0.25, 0.3) is 0 Å². The van der Waals surface area contributed by atoms with E-state index in [0.717, 1.165) is 44.6 Å². The van der Waals surface area contributed by atoms with Crippen molar-refractivity contribution < 1.29 is 14.7 Å². The molecular formula is C19H28N4O3S. The number of nitrogens with one attached hydrogen (secondary N) is 1. The Morgan fingerprint density at radius 2 is 2.00 bits per heavy atom.